The van der Waals surface area contributed by atoms with Gasteiger partial charge in [0.2, 0.25) is 11.6 Å². The molecule has 0 aromatic carbocycles. The van der Waals surface area contributed by atoms with Gasteiger partial charge in [0.15, 0.2) is 0 Å². The van der Waals surface area contributed by atoms with Gasteiger partial charge in [-0.25, -0.2) is 0 Å². The maximum atomic E-state index is 12.9. The minimum absolute atomic E-state index is 0.184. The molecule has 25 heavy (non-hydrogen) atoms. The Morgan fingerprint density at radius 3 is 2.52 bits per heavy atom. The number of aromatic nitrogens is 4. The van der Waals surface area contributed by atoms with Crippen molar-refractivity contribution in [3.63, 3.8) is 0 Å². The summed E-state index contributed by atoms with van der Waals surface area (Å²) in [6.07, 6.45) is -3.44. The fraction of sp³-hybridized carbons (Fsp3) is 0.462. The quantitative estimate of drug-likeness (QED) is 0.594. The van der Waals surface area contributed by atoms with Crippen molar-refractivity contribution in [2.75, 3.05) is 7.05 Å². The SMILES string of the molecule is Cc1c([N+](=O)[O-])c(C(F)(F)F)nn1CC(=O)N(C)Cc1ccnn1C. The van der Waals surface area contributed by atoms with Crippen molar-refractivity contribution in [3.8, 4) is 0 Å². The summed E-state index contributed by atoms with van der Waals surface area (Å²) < 4.78 is 41.0. The van der Waals surface area contributed by atoms with Crippen molar-refractivity contribution >= 4 is 11.6 Å². The average molecular weight is 360 g/mol. The first kappa shape index (κ1) is 18.4. The number of amides is 1. The normalized spacial score (nSPS) is 11.6. The molecule has 12 heteroatoms. The number of alkyl halides is 3. The fourth-order valence-electron chi connectivity index (χ4n) is 2.24. The van der Waals surface area contributed by atoms with Crippen molar-refractivity contribution in [3.05, 3.63) is 39.5 Å². The number of carbonyl (C=O) groups excluding carboxylic acids is 1. The van der Waals surface area contributed by atoms with E-state index in [9.17, 15) is 28.1 Å². The van der Waals surface area contributed by atoms with Gasteiger partial charge in [0.05, 0.1) is 17.2 Å². The van der Waals surface area contributed by atoms with Crippen LogP contribution in [-0.2, 0) is 31.1 Å². The predicted molar refractivity (Wildman–Crippen MR) is 78.3 cm³/mol. The first-order chi connectivity index (χ1) is 11.5. The number of nitro groups is 1. The fourth-order valence-corrected chi connectivity index (χ4v) is 2.24. The van der Waals surface area contributed by atoms with Crippen LogP contribution in [0.3, 0.4) is 0 Å². The Kier molecular flexibility index (Phi) is 4.81. The van der Waals surface area contributed by atoms with Crippen LogP contribution in [0.4, 0.5) is 18.9 Å². The number of nitrogens with zero attached hydrogens (tertiary/aromatic N) is 6. The molecule has 2 heterocycles. The van der Waals surface area contributed by atoms with Gasteiger partial charge in [-0.1, -0.05) is 0 Å². The molecule has 136 valence electrons. The maximum absolute atomic E-state index is 12.9. The summed E-state index contributed by atoms with van der Waals surface area (Å²) in [4.78, 5) is 23.3. The molecule has 2 aromatic rings. The van der Waals surface area contributed by atoms with Crippen LogP contribution in [0, 0.1) is 17.0 Å². The van der Waals surface area contributed by atoms with Gasteiger partial charge >= 0.3 is 11.9 Å². The Bertz CT molecular complexity index is 811. The van der Waals surface area contributed by atoms with E-state index in [0.29, 0.717) is 4.68 Å². The highest BCUT2D eigenvalue weighted by atomic mass is 19.4. The second-order valence-electron chi connectivity index (χ2n) is 5.39. The van der Waals surface area contributed by atoms with Crippen LogP contribution in [0.15, 0.2) is 12.3 Å². The second kappa shape index (κ2) is 6.53. The highest BCUT2D eigenvalue weighted by molar-refractivity contribution is 5.75. The van der Waals surface area contributed by atoms with E-state index >= 15 is 0 Å². The molecule has 0 N–H and O–H groups in total. The van der Waals surface area contributed by atoms with Gasteiger partial charge in [0.1, 0.15) is 12.2 Å². The number of halogens is 3. The van der Waals surface area contributed by atoms with Crippen LogP contribution >= 0.6 is 0 Å². The molecule has 0 unspecified atom stereocenters. The minimum Gasteiger partial charge on any atom is -0.338 e. The van der Waals surface area contributed by atoms with E-state index in [1.807, 2.05) is 0 Å². The van der Waals surface area contributed by atoms with Crippen LogP contribution in [0.5, 0.6) is 0 Å². The molecular formula is C13H15F3N6O3. The number of rotatable bonds is 5. The van der Waals surface area contributed by atoms with Gasteiger partial charge < -0.3 is 4.90 Å². The van der Waals surface area contributed by atoms with Crippen molar-refractivity contribution in [2.24, 2.45) is 7.05 Å². The number of carbonyl (C=O) groups is 1. The van der Waals surface area contributed by atoms with Gasteiger partial charge in [0, 0.05) is 20.3 Å². The zero-order chi connectivity index (χ0) is 18.9. The maximum Gasteiger partial charge on any atom is 0.442 e. The molecule has 0 aliphatic rings. The molecule has 9 nitrogen and oxygen atoms in total. The third-order valence-corrected chi connectivity index (χ3v) is 3.66. The summed E-state index contributed by atoms with van der Waals surface area (Å²) in [5.74, 6) is -0.546. The van der Waals surface area contributed by atoms with Gasteiger partial charge in [-0.3, -0.25) is 24.3 Å². The van der Waals surface area contributed by atoms with E-state index in [-0.39, 0.29) is 12.2 Å². The monoisotopic (exact) mass is 360 g/mol. The van der Waals surface area contributed by atoms with E-state index < -0.39 is 34.9 Å². The van der Waals surface area contributed by atoms with Gasteiger partial charge in [-0.2, -0.15) is 23.4 Å². The molecule has 0 bridgehead atoms. The lowest BCUT2D eigenvalue weighted by atomic mass is 10.3. The smallest absolute Gasteiger partial charge is 0.338 e. The molecule has 0 fully saturated rings. The molecule has 0 atom stereocenters. The lowest BCUT2D eigenvalue weighted by Gasteiger charge is -2.17. The topological polar surface area (TPSA) is 99.1 Å². The summed E-state index contributed by atoms with van der Waals surface area (Å²) >= 11 is 0. The molecule has 0 saturated carbocycles. The van der Waals surface area contributed by atoms with Crippen molar-refractivity contribution in [1.29, 1.82) is 0 Å². The summed E-state index contributed by atoms with van der Waals surface area (Å²) in [6.45, 7) is 0.760. The lowest BCUT2D eigenvalue weighted by molar-refractivity contribution is -0.388. The van der Waals surface area contributed by atoms with Crippen LogP contribution in [0.1, 0.15) is 17.1 Å². The summed E-state index contributed by atoms with van der Waals surface area (Å²) in [5.41, 5.74) is -2.37. The standard InChI is InChI=1S/C13H15F3N6O3/c1-8-11(22(24)25)12(13(14,15)16)18-21(8)7-10(23)19(2)6-9-4-5-17-20(9)3/h4-5H,6-7H2,1-3H3. The highest BCUT2D eigenvalue weighted by Crippen LogP contribution is 2.36. The third-order valence-electron chi connectivity index (χ3n) is 3.66. The van der Waals surface area contributed by atoms with E-state index in [1.54, 1.807) is 24.0 Å². The highest BCUT2D eigenvalue weighted by Gasteiger charge is 2.44. The van der Waals surface area contributed by atoms with E-state index in [1.165, 1.54) is 11.9 Å². The van der Waals surface area contributed by atoms with Crippen LogP contribution < -0.4 is 0 Å². The molecule has 0 spiro atoms. The molecule has 1 amide bonds. The van der Waals surface area contributed by atoms with Gasteiger partial charge in [-0.15, -0.1) is 0 Å². The van der Waals surface area contributed by atoms with Crippen molar-refractivity contribution in [1.82, 2.24) is 24.5 Å². The Morgan fingerprint density at radius 2 is 2.08 bits per heavy atom. The number of hydrogen-bond donors (Lipinski definition) is 0. The molecule has 0 aliphatic carbocycles. The summed E-state index contributed by atoms with van der Waals surface area (Å²) in [5, 5.41) is 18.1. The Balaban J connectivity index is 2.23. The molecule has 0 saturated heterocycles. The van der Waals surface area contributed by atoms with Gasteiger partial charge in [0.25, 0.3) is 0 Å². The molecular weight excluding hydrogens is 345 g/mol. The van der Waals surface area contributed by atoms with Crippen molar-refractivity contribution < 1.29 is 22.9 Å². The second-order valence-corrected chi connectivity index (χ2v) is 5.39. The molecule has 0 aliphatic heterocycles. The lowest BCUT2D eigenvalue weighted by Crippen LogP contribution is -2.31. The van der Waals surface area contributed by atoms with Crippen LogP contribution in [0.2, 0.25) is 0 Å². The molecule has 0 radical (unpaired) electrons. The Morgan fingerprint density at radius 1 is 1.44 bits per heavy atom. The number of likely N-dealkylation sites (N-methyl/N-ethyl adjacent to an activating group) is 1. The first-order valence-electron chi connectivity index (χ1n) is 7.02. The van der Waals surface area contributed by atoms with E-state index in [2.05, 4.69) is 10.2 Å². The van der Waals surface area contributed by atoms with E-state index in [0.717, 1.165) is 12.6 Å². The number of aryl methyl sites for hydroxylation is 1. The first-order valence-corrected chi connectivity index (χ1v) is 7.02. The van der Waals surface area contributed by atoms with Gasteiger partial charge in [-0.05, 0) is 13.0 Å². The van der Waals surface area contributed by atoms with Crippen LogP contribution in [-0.4, -0.2) is 42.3 Å². The summed E-state index contributed by atoms with van der Waals surface area (Å²) in [7, 11) is 3.15. The van der Waals surface area contributed by atoms with E-state index in [4.69, 9.17) is 0 Å². The van der Waals surface area contributed by atoms with Crippen molar-refractivity contribution in [2.45, 2.75) is 26.2 Å². The predicted octanol–water partition coefficient (Wildman–Crippen LogP) is 1.51. The molecule has 2 aromatic heterocycles. The minimum atomic E-state index is -4.98. The zero-order valence-corrected chi connectivity index (χ0v) is 13.6. The Labute approximate surface area is 139 Å². The third kappa shape index (κ3) is 3.78. The zero-order valence-electron chi connectivity index (χ0n) is 13.6. The van der Waals surface area contributed by atoms with Crippen LogP contribution in [0.25, 0.3) is 0 Å². The Hall–Kier alpha value is -2.92. The summed E-state index contributed by atoms with van der Waals surface area (Å²) in [6, 6.07) is 1.69. The molecule has 2 rings (SSSR count). The number of hydrogen-bond acceptors (Lipinski definition) is 5. The average Bonchev–Trinajstić information content (AvgIpc) is 3.03. The largest absolute Gasteiger partial charge is 0.442 e.